The third kappa shape index (κ3) is 4.79. The van der Waals surface area contributed by atoms with Gasteiger partial charge in [0.2, 0.25) is 0 Å². The minimum Gasteiger partial charge on any atom is -0.631 e. The molecule has 0 radical (unpaired) electrons. The first-order chi connectivity index (χ1) is 11.4. The van der Waals surface area contributed by atoms with Crippen molar-refractivity contribution in [3.05, 3.63) is 23.3 Å². The van der Waals surface area contributed by atoms with Crippen LogP contribution in [-0.2, 0) is 22.8 Å². The average Bonchev–Trinajstić information content (AvgIpc) is 2.66. The zero-order chi connectivity index (χ0) is 17.7. The number of benzene rings is 1. The normalized spacial score (nSPS) is 20.3. The van der Waals surface area contributed by atoms with Gasteiger partial charge in [-0.2, -0.15) is 0 Å². The van der Waals surface area contributed by atoms with Gasteiger partial charge in [-0.15, -0.1) is 0 Å². The van der Waals surface area contributed by atoms with Crippen molar-refractivity contribution < 1.29 is 18.0 Å². The standard InChI is InChI=1S/C17H26NO4PS/c1-4-5-6-15-12-24(20,21)17-10-13(7-8-23(3)19)16(22-2)9-14(17)11-18-15/h8-10,15,18H,4-7,11-12H2,1-3H3. The van der Waals surface area contributed by atoms with Gasteiger partial charge in [0, 0.05) is 32.3 Å². The number of methoxy groups -OCH3 is 1. The van der Waals surface area contributed by atoms with Crippen LogP contribution in [0.5, 0.6) is 5.75 Å². The molecule has 1 aliphatic heterocycles. The lowest BCUT2D eigenvalue weighted by atomic mass is 10.1. The van der Waals surface area contributed by atoms with Crippen LogP contribution >= 0.6 is 7.77 Å². The smallest absolute Gasteiger partial charge is 0.180 e. The van der Waals surface area contributed by atoms with Gasteiger partial charge in [-0.25, -0.2) is 8.42 Å². The van der Waals surface area contributed by atoms with Crippen molar-refractivity contribution in [2.75, 3.05) is 19.5 Å². The second-order valence-corrected chi connectivity index (χ2v) is 9.67. The van der Waals surface area contributed by atoms with Crippen LogP contribution in [0.2, 0.25) is 0 Å². The second kappa shape index (κ2) is 8.43. The molecular formula is C17H26NO4PS. The topological polar surface area (TPSA) is 78.5 Å². The maximum Gasteiger partial charge on any atom is 0.180 e. The Morgan fingerprint density at radius 3 is 2.83 bits per heavy atom. The van der Waals surface area contributed by atoms with Crippen molar-refractivity contribution in [3.8, 4) is 5.75 Å². The molecule has 0 fully saturated rings. The number of rotatable bonds is 6. The summed E-state index contributed by atoms with van der Waals surface area (Å²) >= 11 is 0. The molecule has 0 aromatic heterocycles. The minimum atomic E-state index is -3.35. The predicted molar refractivity (Wildman–Crippen MR) is 97.8 cm³/mol. The Morgan fingerprint density at radius 2 is 2.21 bits per heavy atom. The third-order valence-corrected chi connectivity index (χ3v) is 6.86. The van der Waals surface area contributed by atoms with Crippen LogP contribution in [-0.4, -0.2) is 39.8 Å². The fraction of sp³-hybridized carbons (Fsp3) is 0.588. The van der Waals surface area contributed by atoms with Crippen molar-refractivity contribution in [2.45, 2.75) is 50.1 Å². The molecule has 0 saturated heterocycles. The molecule has 2 rings (SSSR count). The lowest BCUT2D eigenvalue weighted by molar-refractivity contribution is -0.151. The van der Waals surface area contributed by atoms with Crippen LogP contribution in [0.25, 0.3) is 0 Å². The Labute approximate surface area is 145 Å². The molecule has 0 aliphatic carbocycles. The molecule has 2 unspecified atom stereocenters. The van der Waals surface area contributed by atoms with E-state index in [2.05, 4.69) is 12.2 Å². The summed E-state index contributed by atoms with van der Waals surface area (Å²) < 4.78 is 31.0. The van der Waals surface area contributed by atoms with Crippen LogP contribution in [0.3, 0.4) is 0 Å². The SMILES string of the molecule is CCCCC1CS(=O)(=O)c2cc(CC=[P+](C)[O-])c(OC)cc2CN1. The van der Waals surface area contributed by atoms with Gasteiger partial charge in [0.25, 0.3) is 0 Å². The van der Waals surface area contributed by atoms with Crippen LogP contribution in [0.4, 0.5) is 0 Å². The lowest BCUT2D eigenvalue weighted by Gasteiger charge is -2.14. The lowest BCUT2D eigenvalue weighted by Crippen LogP contribution is -2.32. The van der Waals surface area contributed by atoms with Gasteiger partial charge in [0.15, 0.2) is 9.84 Å². The molecular weight excluding hydrogens is 345 g/mol. The monoisotopic (exact) mass is 371 g/mol. The first kappa shape index (κ1) is 19.4. The van der Waals surface area contributed by atoms with Crippen molar-refractivity contribution >= 4 is 23.4 Å². The first-order valence-electron chi connectivity index (χ1n) is 8.26. The van der Waals surface area contributed by atoms with Crippen molar-refractivity contribution in [2.24, 2.45) is 0 Å². The molecule has 1 aromatic carbocycles. The summed E-state index contributed by atoms with van der Waals surface area (Å²) in [5, 5.41) is 3.36. The highest BCUT2D eigenvalue weighted by Gasteiger charge is 2.28. The number of fused-ring (bicyclic) bond motifs is 1. The van der Waals surface area contributed by atoms with Crippen molar-refractivity contribution in [1.82, 2.24) is 5.32 Å². The number of unbranched alkanes of at least 4 members (excludes halogenated alkanes) is 1. The Bertz CT molecular complexity index is 712. The van der Waals surface area contributed by atoms with Crippen molar-refractivity contribution in [1.29, 1.82) is 0 Å². The summed E-state index contributed by atoms with van der Waals surface area (Å²) in [5.74, 6) is 2.45. The maximum absolute atomic E-state index is 12.8. The highest BCUT2D eigenvalue weighted by molar-refractivity contribution is 7.91. The van der Waals surface area contributed by atoms with Crippen LogP contribution < -0.4 is 14.9 Å². The van der Waals surface area contributed by atoms with E-state index in [1.165, 1.54) is 0 Å². The third-order valence-electron chi connectivity index (χ3n) is 4.27. The van der Waals surface area contributed by atoms with Gasteiger partial charge in [-0.05, 0) is 24.1 Å². The number of ether oxygens (including phenoxy) is 1. The van der Waals surface area contributed by atoms with E-state index in [-0.39, 0.29) is 11.8 Å². The highest BCUT2D eigenvalue weighted by atomic mass is 32.2. The molecule has 0 spiro atoms. The van der Waals surface area contributed by atoms with Gasteiger partial charge >= 0.3 is 0 Å². The molecule has 0 amide bonds. The molecule has 1 aliphatic rings. The zero-order valence-corrected chi connectivity index (χ0v) is 16.3. The number of nitrogens with one attached hydrogen (secondary N) is 1. The summed E-state index contributed by atoms with van der Waals surface area (Å²) in [6.45, 7) is 4.25. The van der Waals surface area contributed by atoms with E-state index in [0.717, 1.165) is 30.4 Å². The van der Waals surface area contributed by atoms with Crippen LogP contribution in [0, 0.1) is 0 Å². The molecule has 1 aromatic rings. The van der Waals surface area contributed by atoms with E-state index in [9.17, 15) is 13.3 Å². The summed E-state index contributed by atoms with van der Waals surface area (Å²) in [5.41, 5.74) is 1.51. The Balaban J connectivity index is 2.40. The zero-order valence-electron chi connectivity index (χ0n) is 14.5. The quantitative estimate of drug-likeness (QED) is 0.773. The Morgan fingerprint density at radius 1 is 1.46 bits per heavy atom. The second-order valence-electron chi connectivity index (χ2n) is 6.21. The summed E-state index contributed by atoms with van der Waals surface area (Å²) in [6.07, 6.45) is 3.35. The van der Waals surface area contributed by atoms with E-state index in [1.807, 2.05) is 0 Å². The first-order valence-corrected chi connectivity index (χ1v) is 11.7. The number of sulfone groups is 1. The van der Waals surface area contributed by atoms with Crippen LogP contribution in [0.1, 0.15) is 37.3 Å². The van der Waals surface area contributed by atoms with Gasteiger partial charge in [-0.3, -0.25) is 0 Å². The van der Waals surface area contributed by atoms with E-state index in [1.54, 1.807) is 31.7 Å². The summed E-state index contributed by atoms with van der Waals surface area (Å²) in [4.78, 5) is 11.7. The van der Waals surface area contributed by atoms with E-state index < -0.39 is 17.6 Å². The molecule has 0 saturated carbocycles. The molecule has 5 nitrogen and oxygen atoms in total. The molecule has 134 valence electrons. The molecule has 7 heteroatoms. The molecule has 2 atom stereocenters. The van der Waals surface area contributed by atoms with E-state index >= 15 is 0 Å². The Hall–Kier alpha value is -0.940. The molecule has 0 bridgehead atoms. The molecule has 24 heavy (non-hydrogen) atoms. The fourth-order valence-corrected chi connectivity index (χ4v) is 5.25. The van der Waals surface area contributed by atoms with Gasteiger partial charge in [0.1, 0.15) is 5.75 Å². The fourth-order valence-electron chi connectivity index (χ4n) is 2.95. The molecule has 1 heterocycles. The largest absolute Gasteiger partial charge is 0.631 e. The maximum atomic E-state index is 12.8. The average molecular weight is 371 g/mol. The van der Waals surface area contributed by atoms with Gasteiger partial charge in [-0.1, -0.05) is 19.8 Å². The van der Waals surface area contributed by atoms with Crippen LogP contribution in [0.15, 0.2) is 17.0 Å². The highest BCUT2D eigenvalue weighted by Crippen LogP contribution is 2.30. The predicted octanol–water partition coefficient (Wildman–Crippen LogP) is 1.86. The van der Waals surface area contributed by atoms with Gasteiger partial charge < -0.3 is 14.9 Å². The van der Waals surface area contributed by atoms with Gasteiger partial charge in [0.05, 0.1) is 30.2 Å². The Kier molecular flexibility index (Phi) is 6.81. The van der Waals surface area contributed by atoms with Crippen molar-refractivity contribution in [3.63, 3.8) is 0 Å². The molecule has 1 N–H and O–H groups in total. The number of hydrogen-bond donors (Lipinski definition) is 1. The van der Waals surface area contributed by atoms with E-state index in [0.29, 0.717) is 23.6 Å². The summed E-state index contributed by atoms with van der Waals surface area (Å²) in [6, 6.07) is 3.48. The summed E-state index contributed by atoms with van der Waals surface area (Å²) in [7, 11) is -3.17. The minimum absolute atomic E-state index is 0.0199. The number of hydrogen-bond acceptors (Lipinski definition) is 5. The van der Waals surface area contributed by atoms with E-state index in [4.69, 9.17) is 4.74 Å².